The minimum absolute atomic E-state index is 0.238. The normalized spacial score (nSPS) is 14.4. The van der Waals surface area contributed by atoms with Crippen LogP contribution in [0.4, 0.5) is 5.69 Å². The molecule has 0 unspecified atom stereocenters. The van der Waals surface area contributed by atoms with Gasteiger partial charge in [0.25, 0.3) is 0 Å². The van der Waals surface area contributed by atoms with E-state index < -0.39 is 11.5 Å². The Labute approximate surface area is 96.5 Å². The average molecular weight is 235 g/mol. The van der Waals surface area contributed by atoms with Gasteiger partial charge in [-0.25, -0.2) is 0 Å². The van der Waals surface area contributed by atoms with Crippen molar-refractivity contribution in [1.29, 1.82) is 0 Å². The Morgan fingerprint density at radius 3 is 2.75 bits per heavy atom. The molecule has 0 radical (unpaired) electrons. The third-order valence-corrected chi connectivity index (χ3v) is 2.69. The molecule has 0 bridgehead atoms. The van der Waals surface area contributed by atoms with Crippen LogP contribution in [0.5, 0.6) is 0 Å². The van der Waals surface area contributed by atoms with E-state index in [1.807, 2.05) is 6.26 Å². The molecule has 16 heavy (non-hydrogen) atoms. The Morgan fingerprint density at radius 2 is 2.06 bits per heavy atom. The van der Waals surface area contributed by atoms with Crippen LogP contribution in [-0.2, 0) is 0 Å². The number of fused-ring (bicyclic) bond motifs is 1. The van der Waals surface area contributed by atoms with Gasteiger partial charge in [-0.15, -0.1) is 0 Å². The summed E-state index contributed by atoms with van der Waals surface area (Å²) in [7, 11) is 0. The summed E-state index contributed by atoms with van der Waals surface area (Å²) >= 11 is 1.32. The van der Waals surface area contributed by atoms with Gasteiger partial charge < -0.3 is 9.83 Å². The zero-order valence-electron chi connectivity index (χ0n) is 8.48. The maximum absolute atomic E-state index is 11.7. The highest BCUT2D eigenvalue weighted by atomic mass is 32.2. The maximum Gasteiger partial charge on any atom is 0.230 e. The summed E-state index contributed by atoms with van der Waals surface area (Å²) in [6.45, 7) is 0. The van der Waals surface area contributed by atoms with Gasteiger partial charge >= 0.3 is 0 Å². The molecule has 0 spiro atoms. The molecule has 0 amide bonds. The van der Waals surface area contributed by atoms with E-state index in [0.29, 0.717) is 11.3 Å². The second-order valence-electron chi connectivity index (χ2n) is 3.26. The van der Waals surface area contributed by atoms with E-state index in [0.717, 1.165) is 6.08 Å². The smallest absolute Gasteiger partial charge is 0.230 e. The molecular weight excluding hydrogens is 226 g/mol. The van der Waals surface area contributed by atoms with Gasteiger partial charge in [0.15, 0.2) is 11.5 Å². The molecule has 5 heteroatoms. The number of anilines is 1. The predicted molar refractivity (Wildman–Crippen MR) is 63.0 cm³/mol. The number of aliphatic hydroxyl groups is 1. The van der Waals surface area contributed by atoms with Crippen molar-refractivity contribution in [2.24, 2.45) is 0 Å². The Kier molecular flexibility index (Phi) is 2.70. The van der Waals surface area contributed by atoms with Crippen molar-refractivity contribution >= 4 is 29.2 Å². The quantitative estimate of drug-likeness (QED) is 0.769. The molecular formula is C11H9NO3S. The van der Waals surface area contributed by atoms with Crippen LogP contribution < -0.4 is 4.72 Å². The molecule has 1 aliphatic carbocycles. The molecule has 0 atom stereocenters. The highest BCUT2D eigenvalue weighted by molar-refractivity contribution is 7.99. The first-order chi connectivity index (χ1) is 7.65. The molecule has 4 nitrogen and oxygen atoms in total. The van der Waals surface area contributed by atoms with Gasteiger partial charge in [-0.05, 0) is 6.07 Å². The van der Waals surface area contributed by atoms with E-state index in [4.69, 9.17) is 0 Å². The third-order valence-electron chi connectivity index (χ3n) is 2.27. The largest absolute Gasteiger partial charge is 0.504 e. The highest BCUT2D eigenvalue weighted by Crippen LogP contribution is 2.28. The molecule has 2 N–H and O–H groups in total. The Balaban J connectivity index is 2.63. The standard InChI is InChI=1S/C11H9NO3S/c1-16-12-7-4-2-3-6-8(13)5-9(14)11(15)10(6)7/h2-5,12,14H,1H3. The number of ketones is 2. The number of hydrogen-bond acceptors (Lipinski definition) is 5. The van der Waals surface area contributed by atoms with Crippen molar-refractivity contribution in [2.45, 2.75) is 0 Å². The van der Waals surface area contributed by atoms with E-state index in [2.05, 4.69) is 4.72 Å². The van der Waals surface area contributed by atoms with E-state index in [1.165, 1.54) is 11.9 Å². The van der Waals surface area contributed by atoms with Crippen molar-refractivity contribution < 1.29 is 14.7 Å². The van der Waals surface area contributed by atoms with Gasteiger partial charge in [-0.3, -0.25) is 9.59 Å². The monoisotopic (exact) mass is 235 g/mol. The predicted octanol–water partition coefficient (Wildman–Crippen LogP) is 2.20. The first-order valence-electron chi connectivity index (χ1n) is 4.57. The fourth-order valence-corrected chi connectivity index (χ4v) is 1.98. The summed E-state index contributed by atoms with van der Waals surface area (Å²) < 4.78 is 2.91. The molecule has 0 aromatic heterocycles. The molecule has 82 valence electrons. The SMILES string of the molecule is CSNc1cccc2c1C(=O)C(O)=CC2=O. The zero-order chi connectivity index (χ0) is 11.7. The highest BCUT2D eigenvalue weighted by Gasteiger charge is 2.27. The van der Waals surface area contributed by atoms with Gasteiger partial charge in [0.1, 0.15) is 0 Å². The van der Waals surface area contributed by atoms with E-state index in [9.17, 15) is 14.7 Å². The van der Waals surface area contributed by atoms with Gasteiger partial charge in [0.05, 0.1) is 11.3 Å². The number of nitrogens with one attached hydrogen (secondary N) is 1. The van der Waals surface area contributed by atoms with Crippen molar-refractivity contribution in [2.75, 3.05) is 11.0 Å². The lowest BCUT2D eigenvalue weighted by Crippen LogP contribution is -2.18. The molecule has 0 heterocycles. The fraction of sp³-hybridized carbons (Fsp3) is 0.0909. The molecule has 1 aromatic carbocycles. The average Bonchev–Trinajstić information content (AvgIpc) is 2.26. The van der Waals surface area contributed by atoms with Crippen LogP contribution in [0.3, 0.4) is 0 Å². The second kappa shape index (κ2) is 4.02. The summed E-state index contributed by atoms with van der Waals surface area (Å²) in [6.07, 6.45) is 2.76. The topological polar surface area (TPSA) is 66.4 Å². The van der Waals surface area contributed by atoms with Crippen molar-refractivity contribution in [1.82, 2.24) is 0 Å². The number of rotatable bonds is 2. The molecule has 0 saturated carbocycles. The molecule has 0 fully saturated rings. The van der Waals surface area contributed by atoms with E-state index in [1.54, 1.807) is 18.2 Å². The van der Waals surface area contributed by atoms with Crippen LogP contribution in [0.25, 0.3) is 0 Å². The Bertz CT molecular complexity index is 508. The zero-order valence-corrected chi connectivity index (χ0v) is 9.30. The van der Waals surface area contributed by atoms with Crippen LogP contribution in [-0.4, -0.2) is 22.9 Å². The van der Waals surface area contributed by atoms with Crippen LogP contribution in [0.15, 0.2) is 30.0 Å². The van der Waals surface area contributed by atoms with Crippen LogP contribution in [0.1, 0.15) is 20.7 Å². The number of hydrogen-bond donors (Lipinski definition) is 2. The number of allylic oxidation sites excluding steroid dienone is 2. The minimum atomic E-state index is -0.522. The van der Waals surface area contributed by atoms with Crippen molar-refractivity contribution in [3.63, 3.8) is 0 Å². The number of Topliss-reactive ketones (excluding diaryl/α,β-unsaturated/α-hetero) is 1. The summed E-state index contributed by atoms with van der Waals surface area (Å²) in [5, 5.41) is 9.34. The number of aliphatic hydroxyl groups excluding tert-OH is 1. The van der Waals surface area contributed by atoms with Gasteiger partial charge in [-0.1, -0.05) is 24.1 Å². The van der Waals surface area contributed by atoms with Gasteiger partial charge in [-0.2, -0.15) is 0 Å². The van der Waals surface area contributed by atoms with Crippen molar-refractivity contribution in [3.8, 4) is 0 Å². The summed E-state index contributed by atoms with van der Waals surface area (Å²) in [6, 6.07) is 4.96. The first-order valence-corrected chi connectivity index (χ1v) is 5.79. The molecule has 1 aliphatic rings. The fourth-order valence-electron chi connectivity index (χ4n) is 1.59. The van der Waals surface area contributed by atoms with Crippen LogP contribution >= 0.6 is 11.9 Å². The van der Waals surface area contributed by atoms with Crippen LogP contribution in [0.2, 0.25) is 0 Å². The number of benzene rings is 1. The maximum atomic E-state index is 11.7. The van der Waals surface area contributed by atoms with E-state index in [-0.39, 0.29) is 11.3 Å². The number of carbonyl (C=O) groups excluding carboxylic acids is 2. The molecule has 0 saturated heterocycles. The van der Waals surface area contributed by atoms with Crippen LogP contribution in [0, 0.1) is 0 Å². The summed E-state index contributed by atoms with van der Waals surface area (Å²) in [4.78, 5) is 23.3. The van der Waals surface area contributed by atoms with E-state index >= 15 is 0 Å². The number of carbonyl (C=O) groups is 2. The first kappa shape index (κ1) is 10.8. The van der Waals surface area contributed by atoms with Crippen molar-refractivity contribution in [3.05, 3.63) is 41.2 Å². The van der Waals surface area contributed by atoms with Gasteiger partial charge in [0, 0.05) is 17.9 Å². The third kappa shape index (κ3) is 1.59. The lowest BCUT2D eigenvalue weighted by atomic mass is 9.92. The van der Waals surface area contributed by atoms with Gasteiger partial charge in [0.2, 0.25) is 5.78 Å². The Morgan fingerprint density at radius 1 is 1.31 bits per heavy atom. The summed E-state index contributed by atoms with van der Waals surface area (Å²) in [5.74, 6) is -1.38. The molecule has 0 aliphatic heterocycles. The second-order valence-corrected chi connectivity index (χ2v) is 3.87. The molecule has 2 rings (SSSR count). The molecule has 1 aromatic rings. The summed E-state index contributed by atoms with van der Waals surface area (Å²) in [5.41, 5.74) is 1.10. The lowest BCUT2D eigenvalue weighted by molar-refractivity contribution is 0.0940. The minimum Gasteiger partial charge on any atom is -0.504 e. The Hall–Kier alpha value is -1.75. The lowest BCUT2D eigenvalue weighted by Gasteiger charge is -2.15.